The van der Waals surface area contributed by atoms with E-state index in [0.717, 1.165) is 0 Å². The smallest absolute Gasteiger partial charge is 0.268 e. The Morgan fingerprint density at radius 1 is 1.24 bits per heavy atom. The van der Waals surface area contributed by atoms with Gasteiger partial charge in [0.15, 0.2) is 11.9 Å². The molecule has 2 N–H and O–H groups in total. The van der Waals surface area contributed by atoms with Crippen LogP contribution in [0.4, 0.5) is 15.8 Å². The first kappa shape index (κ1) is 13.4. The number of carbonyl (C=O) groups is 1. The van der Waals surface area contributed by atoms with Gasteiger partial charge in [-0.15, -0.1) is 0 Å². The van der Waals surface area contributed by atoms with Crippen molar-refractivity contribution in [1.82, 2.24) is 0 Å². The van der Waals surface area contributed by atoms with Crippen LogP contribution in [0.3, 0.4) is 0 Å². The van der Waals surface area contributed by atoms with Crippen molar-refractivity contribution in [1.29, 1.82) is 0 Å². The van der Waals surface area contributed by atoms with Gasteiger partial charge < -0.3 is 15.4 Å². The predicted molar refractivity (Wildman–Crippen MR) is 78.5 cm³/mol. The van der Waals surface area contributed by atoms with Gasteiger partial charge >= 0.3 is 0 Å². The summed E-state index contributed by atoms with van der Waals surface area (Å²) in [6.45, 7) is 1.81. The van der Waals surface area contributed by atoms with Crippen LogP contribution in [0.5, 0.6) is 5.75 Å². The average Bonchev–Trinajstić information content (AvgIpc) is 2.47. The summed E-state index contributed by atoms with van der Waals surface area (Å²) in [5, 5.41) is 0. The molecule has 0 aromatic heterocycles. The van der Waals surface area contributed by atoms with E-state index in [0.29, 0.717) is 22.7 Å². The summed E-state index contributed by atoms with van der Waals surface area (Å²) in [4.78, 5) is 13.9. The van der Waals surface area contributed by atoms with E-state index in [1.54, 1.807) is 43.3 Å². The van der Waals surface area contributed by atoms with Crippen molar-refractivity contribution in [3.05, 3.63) is 53.8 Å². The maximum Gasteiger partial charge on any atom is 0.268 e. The number of amides is 1. The minimum atomic E-state index is -0.644. The molecule has 3 rings (SSSR count). The number of nitrogens with zero attached hydrogens (tertiary/aromatic N) is 1. The van der Waals surface area contributed by atoms with Crippen LogP contribution in [0.2, 0.25) is 0 Å². The fraction of sp³-hybridized carbons (Fsp3) is 0.188. The predicted octanol–water partition coefficient (Wildman–Crippen LogP) is 2.72. The highest BCUT2D eigenvalue weighted by Crippen LogP contribution is 2.39. The second-order valence-electron chi connectivity index (χ2n) is 4.97. The van der Waals surface area contributed by atoms with Gasteiger partial charge in [-0.2, -0.15) is 0 Å². The number of anilines is 2. The number of benzene rings is 2. The number of hydrogen-bond acceptors (Lipinski definition) is 3. The molecule has 1 unspecified atom stereocenters. The summed E-state index contributed by atoms with van der Waals surface area (Å²) >= 11 is 0. The minimum absolute atomic E-state index is 0.148. The molecule has 0 bridgehead atoms. The Balaban J connectivity index is 2.04. The lowest BCUT2D eigenvalue weighted by molar-refractivity contribution is -0.125. The van der Waals surface area contributed by atoms with Gasteiger partial charge in [-0.05, 0) is 25.1 Å². The van der Waals surface area contributed by atoms with Crippen LogP contribution < -0.4 is 15.4 Å². The maximum absolute atomic E-state index is 13.8. The van der Waals surface area contributed by atoms with Crippen LogP contribution in [0.25, 0.3) is 0 Å². The highest BCUT2D eigenvalue weighted by Gasteiger charge is 2.32. The Kier molecular flexibility index (Phi) is 3.25. The van der Waals surface area contributed by atoms with E-state index in [4.69, 9.17) is 10.5 Å². The van der Waals surface area contributed by atoms with Crippen LogP contribution in [-0.2, 0) is 11.3 Å². The summed E-state index contributed by atoms with van der Waals surface area (Å²) in [6.07, 6.45) is -0.644. The molecule has 108 valence electrons. The van der Waals surface area contributed by atoms with Crippen molar-refractivity contribution in [3.8, 4) is 5.75 Å². The molecular formula is C16H15FN2O2. The van der Waals surface area contributed by atoms with Crippen LogP contribution in [0, 0.1) is 5.82 Å². The maximum atomic E-state index is 13.8. The SMILES string of the molecule is CC1Oc2c(N)cccc2N(Cc2ccccc2F)C1=O. The largest absolute Gasteiger partial charge is 0.477 e. The highest BCUT2D eigenvalue weighted by atomic mass is 19.1. The van der Waals surface area contributed by atoms with E-state index in [1.807, 2.05) is 0 Å². The number of nitrogen functional groups attached to an aromatic ring is 1. The molecule has 4 nitrogen and oxygen atoms in total. The third-order valence-electron chi connectivity index (χ3n) is 3.51. The lowest BCUT2D eigenvalue weighted by Crippen LogP contribution is -2.44. The highest BCUT2D eigenvalue weighted by molar-refractivity contribution is 6.00. The molecule has 5 heteroatoms. The van der Waals surface area contributed by atoms with E-state index < -0.39 is 6.10 Å². The molecule has 1 heterocycles. The Morgan fingerprint density at radius 3 is 2.76 bits per heavy atom. The number of halogens is 1. The Morgan fingerprint density at radius 2 is 2.00 bits per heavy atom. The van der Waals surface area contributed by atoms with Gasteiger partial charge in [0.05, 0.1) is 17.9 Å². The van der Waals surface area contributed by atoms with Crippen LogP contribution >= 0.6 is 0 Å². The molecule has 21 heavy (non-hydrogen) atoms. The number of fused-ring (bicyclic) bond motifs is 1. The molecule has 0 spiro atoms. The molecule has 0 saturated carbocycles. The molecule has 1 atom stereocenters. The zero-order valence-electron chi connectivity index (χ0n) is 11.5. The molecule has 0 saturated heterocycles. The first-order valence-electron chi connectivity index (χ1n) is 6.68. The van der Waals surface area contributed by atoms with Gasteiger partial charge in [-0.25, -0.2) is 4.39 Å². The second-order valence-corrected chi connectivity index (χ2v) is 4.97. The summed E-state index contributed by atoms with van der Waals surface area (Å²) < 4.78 is 19.4. The normalized spacial score (nSPS) is 17.3. The van der Waals surface area contributed by atoms with E-state index in [1.165, 1.54) is 11.0 Å². The zero-order chi connectivity index (χ0) is 15.0. The van der Waals surface area contributed by atoms with Gasteiger partial charge in [-0.3, -0.25) is 4.79 Å². The molecule has 0 fully saturated rings. The number of rotatable bonds is 2. The quantitative estimate of drug-likeness (QED) is 0.864. The number of ether oxygens (including phenoxy) is 1. The van der Waals surface area contributed by atoms with Crippen molar-refractivity contribution in [3.63, 3.8) is 0 Å². The third kappa shape index (κ3) is 2.31. The molecule has 1 aliphatic heterocycles. The third-order valence-corrected chi connectivity index (χ3v) is 3.51. The van der Waals surface area contributed by atoms with Gasteiger partial charge in [0.2, 0.25) is 0 Å². The number of hydrogen-bond donors (Lipinski definition) is 1. The van der Waals surface area contributed by atoms with Crippen molar-refractivity contribution in [2.24, 2.45) is 0 Å². The van der Waals surface area contributed by atoms with Crippen LogP contribution in [0.1, 0.15) is 12.5 Å². The van der Waals surface area contributed by atoms with E-state index >= 15 is 0 Å². The van der Waals surface area contributed by atoms with Crippen molar-refractivity contribution < 1.29 is 13.9 Å². The molecule has 0 aliphatic carbocycles. The summed E-state index contributed by atoms with van der Waals surface area (Å²) in [7, 11) is 0. The minimum Gasteiger partial charge on any atom is -0.477 e. The van der Waals surface area contributed by atoms with E-state index in [9.17, 15) is 9.18 Å². The van der Waals surface area contributed by atoms with Crippen molar-refractivity contribution >= 4 is 17.3 Å². The van der Waals surface area contributed by atoms with Gasteiger partial charge in [0.25, 0.3) is 5.91 Å². The first-order valence-corrected chi connectivity index (χ1v) is 6.68. The number of nitrogens with two attached hydrogens (primary N) is 1. The topological polar surface area (TPSA) is 55.6 Å². The molecule has 2 aromatic rings. The Labute approximate surface area is 121 Å². The Bertz CT molecular complexity index is 702. The van der Waals surface area contributed by atoms with Crippen molar-refractivity contribution in [2.45, 2.75) is 19.6 Å². The Hall–Kier alpha value is -2.56. The van der Waals surface area contributed by atoms with E-state index in [-0.39, 0.29) is 18.3 Å². The van der Waals surface area contributed by atoms with Crippen LogP contribution in [-0.4, -0.2) is 12.0 Å². The lowest BCUT2D eigenvalue weighted by atomic mass is 10.1. The molecule has 1 aliphatic rings. The standard InChI is InChI=1S/C16H15FN2O2/c1-10-16(20)19(9-11-5-2-3-6-12(11)17)14-8-4-7-13(18)15(14)21-10/h2-8,10H,9,18H2,1H3. The summed E-state index contributed by atoms with van der Waals surface area (Å²) in [5.74, 6) is -0.0767. The number of para-hydroxylation sites is 1. The molecular weight excluding hydrogens is 271 g/mol. The molecule has 2 aromatic carbocycles. The van der Waals surface area contributed by atoms with Gasteiger partial charge in [-0.1, -0.05) is 24.3 Å². The van der Waals surface area contributed by atoms with Gasteiger partial charge in [0, 0.05) is 5.56 Å². The number of carbonyl (C=O) groups excluding carboxylic acids is 1. The van der Waals surface area contributed by atoms with Crippen molar-refractivity contribution in [2.75, 3.05) is 10.6 Å². The molecule has 1 amide bonds. The molecule has 0 radical (unpaired) electrons. The fourth-order valence-corrected chi connectivity index (χ4v) is 2.41. The lowest BCUT2D eigenvalue weighted by Gasteiger charge is -2.33. The first-order chi connectivity index (χ1) is 10.1. The van der Waals surface area contributed by atoms with E-state index in [2.05, 4.69) is 0 Å². The summed E-state index contributed by atoms with van der Waals surface area (Å²) in [6, 6.07) is 11.6. The summed E-state index contributed by atoms with van der Waals surface area (Å²) in [5.41, 5.74) is 7.38. The average molecular weight is 286 g/mol. The van der Waals surface area contributed by atoms with Gasteiger partial charge in [0.1, 0.15) is 5.82 Å². The zero-order valence-corrected chi connectivity index (χ0v) is 11.5. The van der Waals surface area contributed by atoms with Crippen LogP contribution in [0.15, 0.2) is 42.5 Å². The monoisotopic (exact) mass is 286 g/mol. The fourth-order valence-electron chi connectivity index (χ4n) is 2.41. The second kappa shape index (κ2) is 5.09.